The Morgan fingerprint density at radius 2 is 2.19 bits per heavy atom. The van der Waals surface area contributed by atoms with Crippen molar-refractivity contribution >= 4 is 5.69 Å². The molecule has 82 valence electrons. The van der Waals surface area contributed by atoms with E-state index in [1.807, 2.05) is 18.2 Å². The maximum Gasteiger partial charge on any atom is 0.231 e. The topological polar surface area (TPSA) is 56.5 Å². The number of nitrogens with zero attached hydrogens (tertiary/aromatic N) is 1. The van der Waals surface area contributed by atoms with E-state index >= 15 is 0 Å². The second-order valence-corrected chi connectivity index (χ2v) is 3.45. The van der Waals surface area contributed by atoms with Gasteiger partial charge in [0.25, 0.3) is 0 Å². The van der Waals surface area contributed by atoms with Crippen LogP contribution in [0.1, 0.15) is 5.56 Å². The third-order valence-corrected chi connectivity index (χ3v) is 2.35. The normalized spacial score (nSPS) is 12.8. The van der Waals surface area contributed by atoms with Gasteiger partial charge in [0.05, 0.1) is 6.20 Å². The van der Waals surface area contributed by atoms with E-state index in [-0.39, 0.29) is 0 Å². The van der Waals surface area contributed by atoms with Gasteiger partial charge in [0.1, 0.15) is 6.26 Å². The monoisotopic (exact) mass is 218 g/mol. The molecule has 16 heavy (non-hydrogen) atoms. The Labute approximate surface area is 92.0 Å². The molecule has 2 heterocycles. The molecule has 0 saturated carbocycles. The van der Waals surface area contributed by atoms with Gasteiger partial charge in [0, 0.05) is 23.9 Å². The third kappa shape index (κ3) is 1.67. The molecule has 1 N–H and O–H groups in total. The average molecular weight is 218 g/mol. The quantitative estimate of drug-likeness (QED) is 0.854. The molecule has 0 aliphatic carbocycles. The summed E-state index contributed by atoms with van der Waals surface area (Å²) >= 11 is 0. The van der Waals surface area contributed by atoms with E-state index in [4.69, 9.17) is 14.0 Å². The lowest BCUT2D eigenvalue weighted by Crippen LogP contribution is -1.97. The van der Waals surface area contributed by atoms with Gasteiger partial charge in [0.15, 0.2) is 11.5 Å². The van der Waals surface area contributed by atoms with Crippen molar-refractivity contribution in [2.24, 2.45) is 0 Å². The van der Waals surface area contributed by atoms with Gasteiger partial charge >= 0.3 is 0 Å². The Balaban J connectivity index is 1.71. The second-order valence-electron chi connectivity index (χ2n) is 3.45. The van der Waals surface area contributed by atoms with Crippen molar-refractivity contribution in [1.82, 2.24) is 5.16 Å². The number of ether oxygens (including phenoxy) is 2. The molecule has 1 aliphatic heterocycles. The van der Waals surface area contributed by atoms with E-state index in [1.165, 1.54) is 0 Å². The number of hydrogen-bond acceptors (Lipinski definition) is 5. The van der Waals surface area contributed by atoms with E-state index < -0.39 is 0 Å². The zero-order valence-electron chi connectivity index (χ0n) is 8.47. The van der Waals surface area contributed by atoms with E-state index in [9.17, 15) is 0 Å². The zero-order chi connectivity index (χ0) is 10.8. The average Bonchev–Trinajstić information content (AvgIpc) is 2.97. The molecular weight excluding hydrogens is 208 g/mol. The second kappa shape index (κ2) is 3.77. The van der Waals surface area contributed by atoms with E-state index in [2.05, 4.69) is 10.5 Å². The van der Waals surface area contributed by atoms with Crippen LogP contribution in [0.2, 0.25) is 0 Å². The van der Waals surface area contributed by atoms with Crippen LogP contribution in [0.5, 0.6) is 11.5 Å². The highest BCUT2D eigenvalue weighted by Gasteiger charge is 2.12. The summed E-state index contributed by atoms with van der Waals surface area (Å²) in [7, 11) is 0. The summed E-state index contributed by atoms with van der Waals surface area (Å²) in [6.45, 7) is 0.966. The first-order valence-electron chi connectivity index (χ1n) is 4.93. The van der Waals surface area contributed by atoms with Crippen LogP contribution >= 0.6 is 0 Å². The van der Waals surface area contributed by atoms with Gasteiger partial charge in [-0.15, -0.1) is 0 Å². The van der Waals surface area contributed by atoms with Crippen molar-refractivity contribution in [3.63, 3.8) is 0 Å². The molecule has 3 rings (SSSR count). The minimum absolute atomic E-state index is 0.296. The minimum Gasteiger partial charge on any atom is -0.454 e. The van der Waals surface area contributed by atoms with Crippen molar-refractivity contribution in [2.45, 2.75) is 6.54 Å². The Bertz CT molecular complexity index is 482. The summed E-state index contributed by atoms with van der Waals surface area (Å²) in [4.78, 5) is 0. The van der Waals surface area contributed by atoms with Crippen LogP contribution in [0.15, 0.2) is 35.2 Å². The van der Waals surface area contributed by atoms with Gasteiger partial charge < -0.3 is 19.3 Å². The highest BCUT2D eigenvalue weighted by atomic mass is 16.7. The first-order valence-corrected chi connectivity index (χ1v) is 4.93. The number of aromatic nitrogens is 1. The highest BCUT2D eigenvalue weighted by Crippen LogP contribution is 2.34. The summed E-state index contributed by atoms with van der Waals surface area (Å²) in [5.41, 5.74) is 1.98. The maximum atomic E-state index is 5.28. The number of nitrogens with one attached hydrogen (secondary N) is 1. The standard InChI is InChI=1S/C11H10N2O3/c1-2-10-11(15-7-14-10)3-9(1)12-4-8-5-13-16-6-8/h1-3,5-6,12H,4,7H2. The van der Waals surface area contributed by atoms with Gasteiger partial charge in [-0.25, -0.2) is 0 Å². The molecule has 0 bridgehead atoms. The van der Waals surface area contributed by atoms with Crippen LogP contribution in [0.3, 0.4) is 0 Å². The molecule has 0 amide bonds. The maximum absolute atomic E-state index is 5.28. The van der Waals surface area contributed by atoms with Crippen molar-refractivity contribution in [2.75, 3.05) is 12.1 Å². The molecule has 2 aromatic rings. The number of fused-ring (bicyclic) bond motifs is 1. The SMILES string of the molecule is c1nocc1CNc1ccc2c(c1)OCO2. The first kappa shape index (κ1) is 9.08. The molecule has 5 nitrogen and oxygen atoms in total. The van der Waals surface area contributed by atoms with Gasteiger partial charge in [0.2, 0.25) is 6.79 Å². The predicted octanol–water partition coefficient (Wildman–Crippen LogP) is 2.02. The van der Waals surface area contributed by atoms with Crippen molar-refractivity contribution in [3.05, 3.63) is 36.2 Å². The van der Waals surface area contributed by atoms with E-state index in [1.54, 1.807) is 12.5 Å². The molecule has 0 saturated heterocycles. The van der Waals surface area contributed by atoms with Gasteiger partial charge in [-0.1, -0.05) is 5.16 Å². The number of anilines is 1. The largest absolute Gasteiger partial charge is 0.454 e. The van der Waals surface area contributed by atoms with Crippen LogP contribution < -0.4 is 14.8 Å². The van der Waals surface area contributed by atoms with Crippen molar-refractivity contribution < 1.29 is 14.0 Å². The molecule has 0 radical (unpaired) electrons. The molecule has 5 heteroatoms. The van der Waals surface area contributed by atoms with Crippen LogP contribution in [0.4, 0.5) is 5.69 Å². The number of hydrogen-bond donors (Lipinski definition) is 1. The number of rotatable bonds is 3. The van der Waals surface area contributed by atoms with Gasteiger partial charge in [-0.05, 0) is 12.1 Å². The van der Waals surface area contributed by atoms with Crippen LogP contribution in [0.25, 0.3) is 0 Å². The Hall–Kier alpha value is -2.17. The molecule has 1 aromatic carbocycles. The fourth-order valence-corrected chi connectivity index (χ4v) is 1.52. The Morgan fingerprint density at radius 3 is 3.06 bits per heavy atom. The molecular formula is C11H10N2O3. The van der Waals surface area contributed by atoms with Gasteiger partial charge in [-0.3, -0.25) is 0 Å². The van der Waals surface area contributed by atoms with E-state index in [0.717, 1.165) is 22.7 Å². The lowest BCUT2D eigenvalue weighted by Gasteiger charge is -2.05. The molecule has 0 fully saturated rings. The highest BCUT2D eigenvalue weighted by molar-refractivity contribution is 5.55. The van der Waals surface area contributed by atoms with Gasteiger partial charge in [-0.2, -0.15) is 0 Å². The van der Waals surface area contributed by atoms with Crippen molar-refractivity contribution in [1.29, 1.82) is 0 Å². The number of benzene rings is 1. The fraction of sp³-hybridized carbons (Fsp3) is 0.182. The lowest BCUT2D eigenvalue weighted by atomic mass is 10.2. The predicted molar refractivity (Wildman–Crippen MR) is 56.4 cm³/mol. The minimum atomic E-state index is 0.296. The van der Waals surface area contributed by atoms with Crippen molar-refractivity contribution in [3.8, 4) is 11.5 Å². The first-order chi connectivity index (χ1) is 7.92. The molecule has 0 atom stereocenters. The molecule has 1 aromatic heterocycles. The van der Waals surface area contributed by atoms with Crippen LogP contribution in [-0.2, 0) is 6.54 Å². The fourth-order valence-electron chi connectivity index (χ4n) is 1.52. The van der Waals surface area contributed by atoms with Crippen LogP contribution in [-0.4, -0.2) is 11.9 Å². The molecule has 1 aliphatic rings. The summed E-state index contributed by atoms with van der Waals surface area (Å²) < 4.78 is 15.3. The summed E-state index contributed by atoms with van der Waals surface area (Å²) in [6.07, 6.45) is 3.29. The summed E-state index contributed by atoms with van der Waals surface area (Å²) in [6, 6.07) is 5.75. The Kier molecular flexibility index (Phi) is 2.14. The zero-order valence-corrected chi connectivity index (χ0v) is 8.47. The molecule has 0 unspecified atom stereocenters. The smallest absolute Gasteiger partial charge is 0.231 e. The Morgan fingerprint density at radius 1 is 1.25 bits per heavy atom. The molecule has 0 spiro atoms. The third-order valence-electron chi connectivity index (χ3n) is 2.35. The van der Waals surface area contributed by atoms with Crippen LogP contribution in [0, 0.1) is 0 Å². The summed E-state index contributed by atoms with van der Waals surface area (Å²) in [5, 5.41) is 6.87. The summed E-state index contributed by atoms with van der Waals surface area (Å²) in [5.74, 6) is 1.56. The van der Waals surface area contributed by atoms with E-state index in [0.29, 0.717) is 13.3 Å². The lowest BCUT2D eigenvalue weighted by molar-refractivity contribution is 0.174.